The summed E-state index contributed by atoms with van der Waals surface area (Å²) in [4.78, 5) is 16.1. The summed E-state index contributed by atoms with van der Waals surface area (Å²) in [5.74, 6) is 0.447. The van der Waals surface area contributed by atoms with Crippen LogP contribution in [-0.2, 0) is 23.6 Å². The minimum Gasteiger partial charge on any atom is -0.324 e. The van der Waals surface area contributed by atoms with E-state index in [1.165, 1.54) is 25.8 Å². The summed E-state index contributed by atoms with van der Waals surface area (Å²) in [6.07, 6.45) is 6.78. The smallest absolute Gasteiger partial charge is 0.277 e. The Hall–Kier alpha value is -2.00. The van der Waals surface area contributed by atoms with E-state index in [0.717, 1.165) is 25.0 Å². The average molecular weight is 363 g/mol. The van der Waals surface area contributed by atoms with Crippen molar-refractivity contribution in [1.29, 1.82) is 0 Å². The first-order valence-electron chi connectivity index (χ1n) is 8.54. The van der Waals surface area contributed by atoms with Crippen LogP contribution < -0.4 is 5.56 Å². The SMILES string of the molecule is Cn1ccnc1S(=O)(=O)N1CCCC1Cn1nc(C2CC2)ccc1=O. The Morgan fingerprint density at radius 2 is 2.04 bits per heavy atom. The highest BCUT2D eigenvalue weighted by molar-refractivity contribution is 7.89. The molecule has 0 N–H and O–H groups in total. The van der Waals surface area contributed by atoms with Crippen molar-refractivity contribution in [3.05, 3.63) is 40.6 Å². The van der Waals surface area contributed by atoms with E-state index in [2.05, 4.69) is 10.1 Å². The summed E-state index contributed by atoms with van der Waals surface area (Å²) in [6.45, 7) is 0.722. The molecular formula is C16H21N5O3S. The zero-order chi connectivity index (χ0) is 17.6. The van der Waals surface area contributed by atoms with Gasteiger partial charge < -0.3 is 4.57 Å². The molecule has 1 aliphatic carbocycles. The van der Waals surface area contributed by atoms with Crippen LogP contribution in [0.4, 0.5) is 0 Å². The van der Waals surface area contributed by atoms with E-state index in [9.17, 15) is 13.2 Å². The van der Waals surface area contributed by atoms with Crippen molar-refractivity contribution in [2.75, 3.05) is 6.54 Å². The predicted molar refractivity (Wildman–Crippen MR) is 90.6 cm³/mol. The molecule has 3 heterocycles. The molecule has 0 spiro atoms. The quantitative estimate of drug-likeness (QED) is 0.780. The number of nitrogens with zero attached hydrogens (tertiary/aromatic N) is 5. The third kappa shape index (κ3) is 3.02. The van der Waals surface area contributed by atoms with E-state index >= 15 is 0 Å². The lowest BCUT2D eigenvalue weighted by atomic mass is 10.2. The number of rotatable bonds is 5. The Morgan fingerprint density at radius 1 is 1.24 bits per heavy atom. The monoisotopic (exact) mass is 363 g/mol. The molecule has 2 aromatic heterocycles. The minimum atomic E-state index is -3.68. The first kappa shape index (κ1) is 16.5. The summed E-state index contributed by atoms with van der Waals surface area (Å²) in [7, 11) is -2.02. The summed E-state index contributed by atoms with van der Waals surface area (Å²) in [5.41, 5.74) is 0.738. The molecule has 9 heteroatoms. The van der Waals surface area contributed by atoms with Gasteiger partial charge in [-0.15, -0.1) is 0 Å². The van der Waals surface area contributed by atoms with Gasteiger partial charge in [-0.2, -0.15) is 9.40 Å². The van der Waals surface area contributed by atoms with Crippen LogP contribution in [0.5, 0.6) is 0 Å². The van der Waals surface area contributed by atoms with Crippen molar-refractivity contribution >= 4 is 10.0 Å². The molecule has 8 nitrogen and oxygen atoms in total. The van der Waals surface area contributed by atoms with E-state index < -0.39 is 10.0 Å². The average Bonchev–Trinajstić information content (AvgIpc) is 3.15. The van der Waals surface area contributed by atoms with Gasteiger partial charge in [0.1, 0.15) is 0 Å². The molecule has 1 unspecified atom stereocenters. The number of hydrogen-bond donors (Lipinski definition) is 0. The van der Waals surface area contributed by atoms with Crippen LogP contribution in [0.25, 0.3) is 0 Å². The number of aryl methyl sites for hydroxylation is 1. The van der Waals surface area contributed by atoms with Crippen molar-refractivity contribution in [2.45, 2.75) is 49.3 Å². The molecule has 2 aliphatic rings. The summed E-state index contributed by atoms with van der Waals surface area (Å²) in [5, 5.41) is 4.49. The number of imidazole rings is 1. The Morgan fingerprint density at radius 3 is 2.72 bits per heavy atom. The molecule has 2 aromatic rings. The van der Waals surface area contributed by atoms with Gasteiger partial charge in [0.05, 0.1) is 12.2 Å². The highest BCUT2D eigenvalue weighted by atomic mass is 32.2. The Kier molecular flexibility index (Phi) is 3.99. The van der Waals surface area contributed by atoms with Crippen LogP contribution in [0.1, 0.15) is 37.3 Å². The van der Waals surface area contributed by atoms with Crippen molar-refractivity contribution < 1.29 is 8.42 Å². The lowest BCUT2D eigenvalue weighted by molar-refractivity contribution is 0.331. The van der Waals surface area contributed by atoms with E-state index in [1.54, 1.807) is 19.3 Å². The predicted octanol–water partition coefficient (Wildman–Crippen LogP) is 0.707. The normalized spacial score (nSPS) is 21.7. The topological polar surface area (TPSA) is 90.1 Å². The zero-order valence-electron chi connectivity index (χ0n) is 14.1. The molecule has 0 bridgehead atoms. The maximum Gasteiger partial charge on any atom is 0.277 e. The van der Waals surface area contributed by atoms with Crippen LogP contribution in [0.2, 0.25) is 0 Å². The van der Waals surface area contributed by atoms with Gasteiger partial charge in [0, 0.05) is 44.0 Å². The van der Waals surface area contributed by atoms with E-state index in [1.807, 2.05) is 0 Å². The molecule has 25 heavy (non-hydrogen) atoms. The van der Waals surface area contributed by atoms with Crippen LogP contribution in [0, 0.1) is 0 Å². The highest BCUT2D eigenvalue weighted by Gasteiger charge is 2.38. The molecule has 134 valence electrons. The molecule has 0 amide bonds. The second-order valence-corrected chi connectivity index (χ2v) is 8.57. The fourth-order valence-corrected chi connectivity index (χ4v) is 5.17. The third-order valence-electron chi connectivity index (χ3n) is 4.91. The van der Waals surface area contributed by atoms with Crippen molar-refractivity contribution in [1.82, 2.24) is 23.6 Å². The molecule has 1 saturated carbocycles. The van der Waals surface area contributed by atoms with Gasteiger partial charge >= 0.3 is 0 Å². The van der Waals surface area contributed by atoms with Gasteiger partial charge in [-0.25, -0.2) is 18.1 Å². The van der Waals surface area contributed by atoms with Crippen LogP contribution in [0.3, 0.4) is 0 Å². The lowest BCUT2D eigenvalue weighted by Gasteiger charge is -2.23. The summed E-state index contributed by atoms with van der Waals surface area (Å²) < 4.78 is 30.2. The number of hydrogen-bond acceptors (Lipinski definition) is 5. The van der Waals surface area contributed by atoms with Gasteiger partial charge in [-0.1, -0.05) is 0 Å². The molecule has 1 atom stereocenters. The van der Waals surface area contributed by atoms with Gasteiger partial charge in [0.2, 0.25) is 5.16 Å². The maximum atomic E-state index is 12.9. The largest absolute Gasteiger partial charge is 0.324 e. The molecule has 2 fully saturated rings. The highest BCUT2D eigenvalue weighted by Crippen LogP contribution is 2.38. The molecule has 4 rings (SSSR count). The first-order valence-corrected chi connectivity index (χ1v) is 9.98. The van der Waals surface area contributed by atoms with E-state index in [0.29, 0.717) is 18.9 Å². The van der Waals surface area contributed by atoms with Crippen LogP contribution >= 0.6 is 0 Å². The minimum absolute atomic E-state index is 0.0337. The standard InChI is InChI=1S/C16H21N5O3S/c1-19-10-8-17-16(19)25(23,24)21-9-2-3-13(21)11-20-15(22)7-6-14(18-20)12-4-5-12/h6-8,10,12-13H,2-5,9,11H2,1H3. The Balaban J connectivity index is 1.61. The lowest BCUT2D eigenvalue weighted by Crippen LogP contribution is -2.41. The van der Waals surface area contributed by atoms with Gasteiger partial charge in [0.15, 0.2) is 0 Å². The molecule has 0 radical (unpaired) electrons. The summed E-state index contributed by atoms with van der Waals surface area (Å²) in [6, 6.07) is 3.04. The van der Waals surface area contributed by atoms with Gasteiger partial charge in [-0.3, -0.25) is 4.79 Å². The second kappa shape index (κ2) is 6.06. The van der Waals surface area contributed by atoms with Crippen molar-refractivity contribution in [3.63, 3.8) is 0 Å². The van der Waals surface area contributed by atoms with Crippen LogP contribution in [0.15, 0.2) is 34.5 Å². The first-order chi connectivity index (χ1) is 12.0. The maximum absolute atomic E-state index is 12.9. The fraction of sp³-hybridized carbons (Fsp3) is 0.562. The molecule has 1 saturated heterocycles. The Labute approximate surface area is 146 Å². The Bertz CT molecular complexity index is 945. The van der Waals surface area contributed by atoms with Crippen molar-refractivity contribution in [3.8, 4) is 0 Å². The second-order valence-electron chi connectivity index (χ2n) is 6.79. The molecular weight excluding hydrogens is 342 g/mol. The third-order valence-corrected chi connectivity index (χ3v) is 6.86. The number of sulfonamides is 1. The van der Waals surface area contributed by atoms with Crippen molar-refractivity contribution in [2.24, 2.45) is 7.05 Å². The van der Waals surface area contributed by atoms with Gasteiger partial charge in [-0.05, 0) is 31.7 Å². The molecule has 1 aliphatic heterocycles. The van der Waals surface area contributed by atoms with E-state index in [4.69, 9.17) is 0 Å². The zero-order valence-corrected chi connectivity index (χ0v) is 14.9. The number of aromatic nitrogens is 4. The fourth-order valence-electron chi connectivity index (χ4n) is 3.41. The van der Waals surface area contributed by atoms with E-state index in [-0.39, 0.29) is 23.3 Å². The van der Waals surface area contributed by atoms with Gasteiger partial charge in [0.25, 0.3) is 15.6 Å². The summed E-state index contributed by atoms with van der Waals surface area (Å²) >= 11 is 0. The van der Waals surface area contributed by atoms with Crippen LogP contribution in [-0.4, -0.2) is 44.6 Å². The molecule has 0 aromatic carbocycles.